The van der Waals surface area contributed by atoms with Crippen molar-refractivity contribution in [2.45, 2.75) is 18.9 Å². The van der Waals surface area contributed by atoms with Crippen molar-refractivity contribution in [3.05, 3.63) is 30.3 Å². The molecule has 8 heteroatoms. The highest BCUT2D eigenvalue weighted by Gasteiger charge is 2.29. The Hall–Kier alpha value is -2.16. The molecule has 0 bridgehead atoms. The van der Waals surface area contributed by atoms with Crippen molar-refractivity contribution in [2.24, 2.45) is 0 Å². The van der Waals surface area contributed by atoms with Crippen LogP contribution in [0.25, 0.3) is 0 Å². The first-order valence-electron chi connectivity index (χ1n) is 11.6. The summed E-state index contributed by atoms with van der Waals surface area (Å²) in [4.78, 5) is 36.3. The van der Waals surface area contributed by atoms with Crippen LogP contribution < -0.4 is 5.32 Å². The minimum Gasteiger partial charge on any atom is -0.338 e. The maximum absolute atomic E-state index is 12.8. The molecule has 3 saturated heterocycles. The number of carbonyl (C=O) groups excluding carboxylic acids is 2. The van der Waals surface area contributed by atoms with Crippen LogP contribution in [0.3, 0.4) is 0 Å². The van der Waals surface area contributed by atoms with E-state index < -0.39 is 0 Å². The first kappa shape index (κ1) is 22.0. The maximum atomic E-state index is 12.8. The predicted molar refractivity (Wildman–Crippen MR) is 122 cm³/mol. The van der Waals surface area contributed by atoms with Crippen molar-refractivity contribution < 1.29 is 9.59 Å². The Labute approximate surface area is 185 Å². The summed E-state index contributed by atoms with van der Waals surface area (Å²) in [6, 6.07) is 10.1. The summed E-state index contributed by atoms with van der Waals surface area (Å²) < 4.78 is 0. The SMILES string of the molecule is CN1CCCC(N2CCN(CC(=O)N3CCN(C(=O)Nc4ccccc4)CC3)CC2)C1. The Kier molecular flexibility index (Phi) is 7.42. The number of amides is 3. The number of piperazine rings is 2. The van der Waals surface area contributed by atoms with Gasteiger partial charge in [0.2, 0.25) is 5.91 Å². The Bertz CT molecular complexity index is 729. The molecule has 1 aromatic rings. The van der Waals surface area contributed by atoms with Gasteiger partial charge in [-0.25, -0.2) is 4.79 Å². The number of urea groups is 1. The molecule has 8 nitrogen and oxygen atoms in total. The molecule has 1 N–H and O–H groups in total. The number of para-hydroxylation sites is 1. The van der Waals surface area contributed by atoms with E-state index in [1.165, 1.54) is 25.9 Å². The van der Waals surface area contributed by atoms with Gasteiger partial charge in [0.05, 0.1) is 6.54 Å². The molecular weight excluding hydrogens is 392 g/mol. The number of carbonyl (C=O) groups is 2. The standard InChI is InChI=1S/C23H36N6O2/c1-25-9-5-8-21(18-25)27-12-10-26(11-13-27)19-22(30)28-14-16-29(17-15-28)23(31)24-20-6-3-2-4-7-20/h2-4,6-7,21H,5,8-19H2,1H3,(H,24,31). The van der Waals surface area contributed by atoms with Gasteiger partial charge in [-0.2, -0.15) is 0 Å². The molecule has 3 heterocycles. The average molecular weight is 429 g/mol. The summed E-state index contributed by atoms with van der Waals surface area (Å²) in [6.45, 7) is 9.28. The van der Waals surface area contributed by atoms with E-state index >= 15 is 0 Å². The first-order chi connectivity index (χ1) is 15.1. The number of likely N-dealkylation sites (tertiary alicyclic amines) is 1. The van der Waals surface area contributed by atoms with Crippen LogP contribution in [0.1, 0.15) is 12.8 Å². The number of benzene rings is 1. The third kappa shape index (κ3) is 5.96. The summed E-state index contributed by atoms with van der Waals surface area (Å²) in [5, 5.41) is 2.92. The molecule has 3 aliphatic rings. The number of piperidine rings is 1. The van der Waals surface area contributed by atoms with E-state index in [1.54, 1.807) is 4.90 Å². The molecule has 0 aliphatic carbocycles. The Morgan fingerprint density at radius 1 is 0.903 bits per heavy atom. The van der Waals surface area contributed by atoms with Gasteiger partial charge in [0.15, 0.2) is 0 Å². The van der Waals surface area contributed by atoms with Crippen LogP contribution in [0, 0.1) is 0 Å². The second-order valence-electron chi connectivity index (χ2n) is 9.03. The topological polar surface area (TPSA) is 62.4 Å². The average Bonchev–Trinajstić information content (AvgIpc) is 2.80. The van der Waals surface area contributed by atoms with Crippen LogP contribution >= 0.6 is 0 Å². The highest BCUT2D eigenvalue weighted by Crippen LogP contribution is 2.17. The summed E-state index contributed by atoms with van der Waals surface area (Å²) in [5.41, 5.74) is 0.796. The van der Waals surface area contributed by atoms with Gasteiger partial charge < -0.3 is 20.0 Å². The summed E-state index contributed by atoms with van der Waals surface area (Å²) in [7, 11) is 2.21. The van der Waals surface area contributed by atoms with Crippen LogP contribution in [-0.4, -0.2) is 122 Å². The summed E-state index contributed by atoms with van der Waals surface area (Å²) >= 11 is 0. The Balaban J connectivity index is 1.16. The fourth-order valence-electron chi connectivity index (χ4n) is 4.90. The number of nitrogens with one attached hydrogen (secondary N) is 1. The summed E-state index contributed by atoms with van der Waals surface area (Å²) in [6.07, 6.45) is 2.58. The van der Waals surface area contributed by atoms with Gasteiger partial charge in [-0.3, -0.25) is 14.6 Å². The molecule has 0 aromatic heterocycles. The number of rotatable bonds is 4. The Morgan fingerprint density at radius 2 is 1.58 bits per heavy atom. The molecule has 31 heavy (non-hydrogen) atoms. The van der Waals surface area contributed by atoms with Gasteiger partial charge in [0, 0.05) is 70.6 Å². The van der Waals surface area contributed by atoms with Crippen LogP contribution in [0.4, 0.5) is 10.5 Å². The molecule has 4 rings (SSSR count). The predicted octanol–water partition coefficient (Wildman–Crippen LogP) is 1.07. The van der Waals surface area contributed by atoms with Crippen molar-refractivity contribution in [1.29, 1.82) is 0 Å². The molecule has 3 aliphatic heterocycles. The maximum Gasteiger partial charge on any atom is 0.321 e. The largest absolute Gasteiger partial charge is 0.338 e. The lowest BCUT2D eigenvalue weighted by atomic mass is 10.0. The normalized spacial score (nSPS) is 24.2. The fraction of sp³-hybridized carbons (Fsp3) is 0.652. The second kappa shape index (κ2) is 10.4. The molecule has 1 unspecified atom stereocenters. The number of hydrogen-bond acceptors (Lipinski definition) is 5. The van der Waals surface area contributed by atoms with E-state index in [1.807, 2.05) is 35.2 Å². The molecule has 3 fully saturated rings. The Morgan fingerprint density at radius 3 is 2.26 bits per heavy atom. The molecular formula is C23H36N6O2. The van der Waals surface area contributed by atoms with Gasteiger partial charge in [0.25, 0.3) is 0 Å². The third-order valence-corrected chi connectivity index (χ3v) is 6.83. The van der Waals surface area contributed by atoms with E-state index in [-0.39, 0.29) is 11.9 Å². The van der Waals surface area contributed by atoms with Crippen molar-refractivity contribution >= 4 is 17.6 Å². The van der Waals surface area contributed by atoms with E-state index in [9.17, 15) is 9.59 Å². The smallest absolute Gasteiger partial charge is 0.321 e. The number of nitrogens with zero attached hydrogens (tertiary/aromatic N) is 5. The number of hydrogen-bond donors (Lipinski definition) is 1. The fourth-order valence-corrected chi connectivity index (χ4v) is 4.90. The molecule has 1 aromatic carbocycles. The molecule has 170 valence electrons. The van der Waals surface area contributed by atoms with Gasteiger partial charge in [-0.15, -0.1) is 0 Å². The van der Waals surface area contributed by atoms with Crippen LogP contribution in [0.15, 0.2) is 30.3 Å². The van der Waals surface area contributed by atoms with E-state index in [2.05, 4.69) is 27.1 Å². The van der Waals surface area contributed by atoms with Crippen molar-refractivity contribution in [3.8, 4) is 0 Å². The summed E-state index contributed by atoms with van der Waals surface area (Å²) in [5.74, 6) is 0.189. The zero-order valence-corrected chi connectivity index (χ0v) is 18.7. The van der Waals surface area contributed by atoms with Crippen LogP contribution in [0.5, 0.6) is 0 Å². The lowest BCUT2D eigenvalue weighted by Gasteiger charge is -2.43. The van der Waals surface area contributed by atoms with Gasteiger partial charge in [-0.05, 0) is 38.6 Å². The minimum absolute atomic E-state index is 0.0946. The number of anilines is 1. The first-order valence-corrected chi connectivity index (χ1v) is 11.6. The van der Waals surface area contributed by atoms with Crippen LogP contribution in [0.2, 0.25) is 0 Å². The lowest BCUT2D eigenvalue weighted by Crippen LogP contribution is -2.57. The molecule has 1 atom stereocenters. The quantitative estimate of drug-likeness (QED) is 0.778. The zero-order chi connectivity index (χ0) is 21.6. The lowest BCUT2D eigenvalue weighted by molar-refractivity contribution is -0.134. The highest BCUT2D eigenvalue weighted by molar-refractivity contribution is 5.89. The van der Waals surface area contributed by atoms with Gasteiger partial charge in [0.1, 0.15) is 0 Å². The second-order valence-corrected chi connectivity index (χ2v) is 9.03. The van der Waals surface area contributed by atoms with Gasteiger partial charge in [-0.1, -0.05) is 18.2 Å². The zero-order valence-electron chi connectivity index (χ0n) is 18.7. The third-order valence-electron chi connectivity index (χ3n) is 6.83. The molecule has 3 amide bonds. The minimum atomic E-state index is -0.0946. The van der Waals surface area contributed by atoms with Crippen molar-refractivity contribution in [3.63, 3.8) is 0 Å². The molecule has 0 saturated carbocycles. The monoisotopic (exact) mass is 428 g/mol. The number of likely N-dealkylation sites (N-methyl/N-ethyl adjacent to an activating group) is 1. The van der Waals surface area contributed by atoms with E-state index in [0.717, 1.165) is 31.9 Å². The van der Waals surface area contributed by atoms with Crippen molar-refractivity contribution in [2.75, 3.05) is 84.4 Å². The van der Waals surface area contributed by atoms with Gasteiger partial charge >= 0.3 is 6.03 Å². The molecule has 0 spiro atoms. The highest BCUT2D eigenvalue weighted by atomic mass is 16.2. The van der Waals surface area contributed by atoms with E-state index in [4.69, 9.17) is 0 Å². The van der Waals surface area contributed by atoms with Crippen LogP contribution in [-0.2, 0) is 4.79 Å². The molecule has 0 radical (unpaired) electrons. The van der Waals surface area contributed by atoms with Crippen molar-refractivity contribution in [1.82, 2.24) is 24.5 Å². The van der Waals surface area contributed by atoms with E-state index in [0.29, 0.717) is 38.8 Å².